The van der Waals surface area contributed by atoms with Gasteiger partial charge in [0.25, 0.3) is 0 Å². The molecule has 0 aliphatic heterocycles. The number of nitrogens with one attached hydrogen (secondary N) is 3. The first-order chi connectivity index (χ1) is 12.6. The van der Waals surface area contributed by atoms with Crippen LogP contribution in [-0.4, -0.2) is 18.4 Å². The number of rotatable bonds is 5. The van der Waals surface area contributed by atoms with Crippen molar-refractivity contribution in [3.63, 3.8) is 0 Å². The minimum atomic E-state index is -4.70. The van der Waals surface area contributed by atoms with E-state index in [2.05, 4.69) is 16.0 Å². The van der Waals surface area contributed by atoms with Crippen molar-refractivity contribution in [1.82, 2.24) is 0 Å². The number of alkyl halides is 3. The second-order valence-electron chi connectivity index (χ2n) is 5.47. The molecule has 144 valence electrons. The summed E-state index contributed by atoms with van der Waals surface area (Å²) in [5.74, 6) is -1.83. The number of carbonyl (C=O) groups excluding carboxylic acids is 2. The van der Waals surface area contributed by atoms with Crippen LogP contribution >= 0.6 is 11.6 Å². The van der Waals surface area contributed by atoms with E-state index in [1.165, 1.54) is 25.1 Å². The van der Waals surface area contributed by atoms with Crippen LogP contribution in [0.1, 0.15) is 12.5 Å². The molecule has 0 radical (unpaired) electrons. The normalized spacial score (nSPS) is 11.0. The van der Waals surface area contributed by atoms with Crippen LogP contribution in [0.2, 0.25) is 5.02 Å². The minimum absolute atomic E-state index is 0.0224. The molecule has 2 aromatic carbocycles. The fourth-order valence-corrected chi connectivity index (χ4v) is 2.35. The van der Waals surface area contributed by atoms with Crippen LogP contribution in [0, 0.1) is 5.82 Å². The highest BCUT2D eigenvalue weighted by atomic mass is 35.5. The predicted octanol–water partition coefficient (Wildman–Crippen LogP) is 4.51. The van der Waals surface area contributed by atoms with Crippen LogP contribution in [0.15, 0.2) is 36.4 Å². The maximum absolute atomic E-state index is 13.2. The first-order valence-corrected chi connectivity index (χ1v) is 7.91. The van der Waals surface area contributed by atoms with Gasteiger partial charge in [0.05, 0.1) is 17.1 Å². The van der Waals surface area contributed by atoms with Crippen LogP contribution < -0.4 is 16.0 Å². The van der Waals surface area contributed by atoms with Crippen molar-refractivity contribution in [2.75, 3.05) is 22.5 Å². The smallest absolute Gasteiger partial charge is 0.376 e. The number of hydrogen-bond acceptors (Lipinski definition) is 3. The molecule has 3 N–H and O–H groups in total. The zero-order chi connectivity index (χ0) is 20.2. The van der Waals surface area contributed by atoms with Gasteiger partial charge in [-0.2, -0.15) is 13.2 Å². The number of carbonyl (C=O) groups is 2. The van der Waals surface area contributed by atoms with E-state index in [4.69, 9.17) is 11.6 Å². The molecule has 0 aliphatic carbocycles. The molecule has 0 aromatic heterocycles. The molecular weight excluding hydrogens is 390 g/mol. The average Bonchev–Trinajstić information content (AvgIpc) is 2.55. The fraction of sp³-hybridized carbons (Fsp3) is 0.176. The topological polar surface area (TPSA) is 70.2 Å². The molecule has 0 unspecified atom stereocenters. The Balaban J connectivity index is 2.10. The standard InChI is InChI=1S/C17H14ClF4N3O2/c1-9(26)24-10-3-5-15(12(6-10)17(20,21)22)23-8-16(27)25-11-2-4-14(19)13(18)7-11/h2-7,23H,8H2,1H3,(H,24,26)(H,25,27). The Labute approximate surface area is 156 Å². The Kier molecular flexibility index (Phi) is 6.27. The van der Waals surface area contributed by atoms with Crippen LogP contribution in [0.25, 0.3) is 0 Å². The summed E-state index contributed by atoms with van der Waals surface area (Å²) in [6.07, 6.45) is -4.70. The van der Waals surface area contributed by atoms with Gasteiger partial charge in [-0.1, -0.05) is 11.6 Å². The lowest BCUT2D eigenvalue weighted by Crippen LogP contribution is -2.23. The third-order valence-corrected chi connectivity index (χ3v) is 3.58. The van der Waals surface area contributed by atoms with E-state index >= 15 is 0 Å². The van der Waals surface area contributed by atoms with Crippen molar-refractivity contribution >= 4 is 40.5 Å². The molecule has 0 saturated carbocycles. The highest BCUT2D eigenvalue weighted by molar-refractivity contribution is 6.31. The van der Waals surface area contributed by atoms with Crippen molar-refractivity contribution < 1.29 is 27.2 Å². The summed E-state index contributed by atoms with van der Waals surface area (Å²) in [6.45, 7) is 0.697. The summed E-state index contributed by atoms with van der Waals surface area (Å²) >= 11 is 5.60. The molecule has 0 aliphatic rings. The summed E-state index contributed by atoms with van der Waals surface area (Å²) < 4.78 is 52.7. The van der Waals surface area contributed by atoms with Crippen molar-refractivity contribution in [2.24, 2.45) is 0 Å². The van der Waals surface area contributed by atoms with Gasteiger partial charge in [-0.05, 0) is 36.4 Å². The van der Waals surface area contributed by atoms with Gasteiger partial charge in [0, 0.05) is 24.0 Å². The van der Waals surface area contributed by atoms with E-state index in [0.717, 1.165) is 18.2 Å². The number of benzene rings is 2. The molecule has 2 amide bonds. The second kappa shape index (κ2) is 8.26. The van der Waals surface area contributed by atoms with Gasteiger partial charge in [-0.15, -0.1) is 0 Å². The Morgan fingerprint density at radius 1 is 1.04 bits per heavy atom. The van der Waals surface area contributed by atoms with Crippen molar-refractivity contribution in [1.29, 1.82) is 0 Å². The summed E-state index contributed by atoms with van der Waals surface area (Å²) in [5, 5.41) is 6.84. The number of hydrogen-bond donors (Lipinski definition) is 3. The van der Waals surface area contributed by atoms with Crippen LogP contribution in [0.5, 0.6) is 0 Å². The molecule has 2 rings (SSSR count). The quantitative estimate of drug-likeness (QED) is 0.643. The summed E-state index contributed by atoms with van der Waals surface area (Å²) in [7, 11) is 0. The molecule has 5 nitrogen and oxygen atoms in total. The zero-order valence-electron chi connectivity index (χ0n) is 13.9. The lowest BCUT2D eigenvalue weighted by atomic mass is 10.1. The molecule has 0 saturated heterocycles. The van der Waals surface area contributed by atoms with Crippen LogP contribution in [-0.2, 0) is 15.8 Å². The van der Waals surface area contributed by atoms with Gasteiger partial charge < -0.3 is 16.0 Å². The molecule has 10 heteroatoms. The zero-order valence-corrected chi connectivity index (χ0v) is 14.6. The summed E-state index contributed by atoms with van der Waals surface area (Å²) in [5.41, 5.74) is -1.19. The highest BCUT2D eigenvalue weighted by Crippen LogP contribution is 2.36. The molecule has 27 heavy (non-hydrogen) atoms. The van der Waals surface area contributed by atoms with Crippen molar-refractivity contribution in [2.45, 2.75) is 13.1 Å². The Hall–Kier alpha value is -2.81. The molecular formula is C17H14ClF4N3O2. The maximum atomic E-state index is 13.2. The van der Waals surface area contributed by atoms with E-state index in [1.54, 1.807) is 0 Å². The number of anilines is 3. The minimum Gasteiger partial charge on any atom is -0.376 e. The Bertz CT molecular complexity index is 872. The number of amides is 2. The second-order valence-corrected chi connectivity index (χ2v) is 5.88. The molecule has 0 heterocycles. The fourth-order valence-electron chi connectivity index (χ4n) is 2.17. The van der Waals surface area contributed by atoms with E-state index in [9.17, 15) is 27.2 Å². The molecule has 0 atom stereocenters. The summed E-state index contributed by atoms with van der Waals surface area (Å²) in [4.78, 5) is 22.9. The molecule has 0 fully saturated rings. The van der Waals surface area contributed by atoms with Gasteiger partial charge in [0.15, 0.2) is 0 Å². The molecule has 0 spiro atoms. The Morgan fingerprint density at radius 2 is 1.67 bits per heavy atom. The highest BCUT2D eigenvalue weighted by Gasteiger charge is 2.34. The van der Waals surface area contributed by atoms with Gasteiger partial charge in [-0.25, -0.2) is 4.39 Å². The van der Waals surface area contributed by atoms with Crippen LogP contribution in [0.4, 0.5) is 34.6 Å². The third-order valence-electron chi connectivity index (χ3n) is 3.29. The molecule has 0 bridgehead atoms. The number of halogens is 5. The lowest BCUT2D eigenvalue weighted by Gasteiger charge is -2.16. The van der Waals surface area contributed by atoms with Gasteiger partial charge in [-0.3, -0.25) is 9.59 Å². The van der Waals surface area contributed by atoms with Crippen LogP contribution in [0.3, 0.4) is 0 Å². The lowest BCUT2D eigenvalue weighted by molar-refractivity contribution is -0.137. The SMILES string of the molecule is CC(=O)Nc1ccc(NCC(=O)Nc2ccc(F)c(Cl)c2)c(C(F)(F)F)c1. The average molecular weight is 404 g/mol. The maximum Gasteiger partial charge on any atom is 0.418 e. The Morgan fingerprint density at radius 3 is 2.26 bits per heavy atom. The van der Waals surface area contributed by atoms with Gasteiger partial charge >= 0.3 is 6.18 Å². The first-order valence-electron chi connectivity index (χ1n) is 7.54. The predicted molar refractivity (Wildman–Crippen MR) is 94.3 cm³/mol. The monoisotopic (exact) mass is 403 g/mol. The largest absolute Gasteiger partial charge is 0.418 e. The van der Waals surface area contributed by atoms with E-state index in [1.807, 2.05) is 0 Å². The molecule has 2 aromatic rings. The van der Waals surface area contributed by atoms with E-state index < -0.39 is 35.9 Å². The van der Waals surface area contributed by atoms with Gasteiger partial charge in [0.1, 0.15) is 5.82 Å². The van der Waals surface area contributed by atoms with Crippen molar-refractivity contribution in [3.8, 4) is 0 Å². The third kappa shape index (κ3) is 5.85. The van der Waals surface area contributed by atoms with Gasteiger partial charge in [0.2, 0.25) is 11.8 Å². The van der Waals surface area contributed by atoms with Crippen molar-refractivity contribution in [3.05, 3.63) is 52.8 Å². The van der Waals surface area contributed by atoms with E-state index in [-0.39, 0.29) is 22.1 Å². The summed E-state index contributed by atoms with van der Waals surface area (Å²) in [6, 6.07) is 6.64. The van der Waals surface area contributed by atoms with E-state index in [0.29, 0.717) is 0 Å². The first kappa shape index (κ1) is 20.5.